The van der Waals surface area contributed by atoms with E-state index in [9.17, 15) is 14.9 Å². The first-order chi connectivity index (χ1) is 6.99. The number of hydrogen-bond acceptors (Lipinski definition) is 4. The van der Waals surface area contributed by atoms with Crippen LogP contribution in [-0.4, -0.2) is 16.0 Å². The molecule has 6 nitrogen and oxygen atoms in total. The van der Waals surface area contributed by atoms with Gasteiger partial charge in [0, 0.05) is 12.5 Å². The molecule has 0 spiro atoms. The summed E-state index contributed by atoms with van der Waals surface area (Å²) in [6, 6.07) is 6.10. The molecule has 0 saturated heterocycles. The summed E-state index contributed by atoms with van der Waals surface area (Å²) in [4.78, 5) is 19.0. The van der Waals surface area contributed by atoms with Gasteiger partial charge in [0.15, 0.2) is 0 Å². The van der Waals surface area contributed by atoms with E-state index in [1.165, 1.54) is 12.1 Å². The second kappa shape index (κ2) is 6.36. The van der Waals surface area contributed by atoms with Crippen LogP contribution >= 0.6 is 0 Å². The summed E-state index contributed by atoms with van der Waals surface area (Å²) in [6.45, 7) is 1.60. The van der Waals surface area contributed by atoms with E-state index in [1.54, 1.807) is 19.1 Å². The maximum Gasteiger partial charge on any atom is 0.303 e. The Hall–Kier alpha value is -2.11. The summed E-state index contributed by atoms with van der Waals surface area (Å²) >= 11 is 0. The van der Waals surface area contributed by atoms with Crippen molar-refractivity contribution in [2.75, 3.05) is 5.73 Å². The van der Waals surface area contributed by atoms with Crippen molar-refractivity contribution in [3.05, 3.63) is 34.4 Å². The van der Waals surface area contributed by atoms with Crippen LogP contribution in [0.15, 0.2) is 24.3 Å². The first-order valence-electron chi connectivity index (χ1n) is 4.19. The van der Waals surface area contributed by atoms with Crippen LogP contribution in [0.5, 0.6) is 0 Å². The van der Waals surface area contributed by atoms with Gasteiger partial charge >= 0.3 is 5.97 Å². The van der Waals surface area contributed by atoms with Crippen LogP contribution in [0.1, 0.15) is 13.3 Å². The Bertz CT molecular complexity index is 352. The topological polar surface area (TPSA) is 106 Å². The maximum atomic E-state index is 10.1. The minimum atomic E-state index is -0.745. The second-order valence-corrected chi connectivity index (χ2v) is 2.56. The molecule has 15 heavy (non-hydrogen) atoms. The third-order valence-corrected chi connectivity index (χ3v) is 1.44. The van der Waals surface area contributed by atoms with Crippen molar-refractivity contribution >= 4 is 17.3 Å². The maximum absolute atomic E-state index is 10.1. The molecule has 1 rings (SSSR count). The largest absolute Gasteiger partial charge is 0.481 e. The molecular formula is C9H12N2O4. The second-order valence-electron chi connectivity index (χ2n) is 2.56. The molecule has 0 heterocycles. The molecule has 0 unspecified atom stereocenters. The van der Waals surface area contributed by atoms with Gasteiger partial charge in [-0.2, -0.15) is 0 Å². The number of carboxylic acids is 1. The Labute approximate surface area is 86.5 Å². The number of nitro groups is 1. The number of carboxylic acid groups (broad SMARTS) is 1. The van der Waals surface area contributed by atoms with Crippen LogP contribution in [0.25, 0.3) is 0 Å². The van der Waals surface area contributed by atoms with Gasteiger partial charge in [-0.05, 0) is 6.07 Å². The quantitative estimate of drug-likeness (QED) is 0.440. The van der Waals surface area contributed by atoms with Gasteiger partial charge in [-0.25, -0.2) is 0 Å². The molecule has 0 radical (unpaired) electrons. The van der Waals surface area contributed by atoms with E-state index < -0.39 is 10.9 Å². The SMILES string of the molecule is CCC(=O)O.Nc1ccccc1[N+](=O)[O-]. The minimum Gasteiger partial charge on any atom is -0.481 e. The molecule has 6 heteroatoms. The van der Waals surface area contributed by atoms with Crippen molar-refractivity contribution in [3.63, 3.8) is 0 Å². The molecular weight excluding hydrogens is 200 g/mol. The molecule has 0 atom stereocenters. The zero-order valence-corrected chi connectivity index (χ0v) is 8.21. The average molecular weight is 212 g/mol. The monoisotopic (exact) mass is 212 g/mol. The van der Waals surface area contributed by atoms with Crippen LogP contribution < -0.4 is 5.73 Å². The van der Waals surface area contributed by atoms with E-state index in [-0.39, 0.29) is 17.8 Å². The summed E-state index contributed by atoms with van der Waals surface area (Å²) in [7, 11) is 0. The van der Waals surface area contributed by atoms with Gasteiger partial charge in [0.25, 0.3) is 5.69 Å². The number of nitro benzene ring substituents is 1. The molecule has 0 aliphatic carbocycles. The van der Waals surface area contributed by atoms with Gasteiger partial charge in [-0.15, -0.1) is 0 Å². The minimum absolute atomic E-state index is 0.0394. The van der Waals surface area contributed by atoms with Crippen LogP contribution in [0.4, 0.5) is 11.4 Å². The van der Waals surface area contributed by atoms with Crippen molar-refractivity contribution in [1.82, 2.24) is 0 Å². The summed E-state index contributed by atoms with van der Waals surface area (Å²) in [5.41, 5.74) is 5.44. The molecule has 0 aliphatic rings. The van der Waals surface area contributed by atoms with E-state index >= 15 is 0 Å². The van der Waals surface area contributed by atoms with Crippen molar-refractivity contribution in [1.29, 1.82) is 0 Å². The van der Waals surface area contributed by atoms with Gasteiger partial charge in [0.05, 0.1) is 4.92 Å². The van der Waals surface area contributed by atoms with Crippen molar-refractivity contribution < 1.29 is 14.8 Å². The number of carbonyl (C=O) groups is 1. The molecule has 1 aromatic carbocycles. The molecule has 3 N–H and O–H groups in total. The van der Waals surface area contributed by atoms with Crippen molar-refractivity contribution in [2.45, 2.75) is 13.3 Å². The van der Waals surface area contributed by atoms with E-state index in [0.29, 0.717) is 0 Å². The van der Waals surface area contributed by atoms with Crippen LogP contribution in [0, 0.1) is 10.1 Å². The Morgan fingerprint density at radius 2 is 2.00 bits per heavy atom. The van der Waals surface area contributed by atoms with E-state index in [2.05, 4.69) is 0 Å². The number of rotatable bonds is 2. The van der Waals surface area contributed by atoms with Gasteiger partial charge in [0.1, 0.15) is 5.69 Å². The lowest BCUT2D eigenvalue weighted by atomic mass is 10.3. The van der Waals surface area contributed by atoms with Gasteiger partial charge in [0.2, 0.25) is 0 Å². The summed E-state index contributed by atoms with van der Waals surface area (Å²) < 4.78 is 0. The molecule has 82 valence electrons. The molecule has 1 aromatic rings. The smallest absolute Gasteiger partial charge is 0.303 e. The third-order valence-electron chi connectivity index (χ3n) is 1.44. The number of benzene rings is 1. The predicted molar refractivity (Wildman–Crippen MR) is 55.4 cm³/mol. The molecule has 0 amide bonds. The zero-order chi connectivity index (χ0) is 11.8. The predicted octanol–water partition coefficient (Wildman–Crippen LogP) is 1.66. The van der Waals surface area contributed by atoms with Crippen LogP contribution in [0.2, 0.25) is 0 Å². The normalized spacial score (nSPS) is 8.60. The van der Waals surface area contributed by atoms with E-state index in [1.807, 2.05) is 0 Å². The molecule has 0 fully saturated rings. The first kappa shape index (κ1) is 12.9. The lowest BCUT2D eigenvalue weighted by Gasteiger charge is -1.92. The lowest BCUT2D eigenvalue weighted by molar-refractivity contribution is -0.383. The van der Waals surface area contributed by atoms with E-state index in [4.69, 9.17) is 10.8 Å². The van der Waals surface area contributed by atoms with Crippen LogP contribution in [0.3, 0.4) is 0 Å². The number of nitrogens with two attached hydrogens (primary N) is 1. The highest BCUT2D eigenvalue weighted by atomic mass is 16.6. The Morgan fingerprint density at radius 3 is 2.27 bits per heavy atom. The fourth-order valence-corrected chi connectivity index (χ4v) is 0.654. The molecule has 0 saturated carbocycles. The van der Waals surface area contributed by atoms with Crippen LogP contribution in [-0.2, 0) is 4.79 Å². The fourth-order valence-electron chi connectivity index (χ4n) is 0.654. The fraction of sp³-hybridized carbons (Fsp3) is 0.222. The van der Waals surface area contributed by atoms with Crippen molar-refractivity contribution in [3.8, 4) is 0 Å². The lowest BCUT2D eigenvalue weighted by Crippen LogP contribution is -1.93. The number of aliphatic carboxylic acids is 1. The third kappa shape index (κ3) is 5.25. The summed E-state index contributed by atoms with van der Waals surface area (Å²) in [6.07, 6.45) is 0.222. The number of para-hydroxylation sites is 2. The first-order valence-corrected chi connectivity index (χ1v) is 4.19. The molecule has 0 aromatic heterocycles. The van der Waals surface area contributed by atoms with Gasteiger partial charge < -0.3 is 10.8 Å². The number of hydrogen-bond donors (Lipinski definition) is 2. The standard InChI is InChI=1S/C6H6N2O2.C3H6O2/c7-5-3-1-2-4-6(5)8(9)10;1-2-3(4)5/h1-4H,7H2;2H2,1H3,(H,4,5). The summed E-state index contributed by atoms with van der Waals surface area (Å²) in [5, 5.41) is 17.9. The van der Waals surface area contributed by atoms with E-state index in [0.717, 1.165) is 0 Å². The highest BCUT2D eigenvalue weighted by Gasteiger charge is 2.07. The molecule has 0 aliphatic heterocycles. The Kier molecular flexibility index (Phi) is 5.47. The number of nitrogens with zero attached hydrogens (tertiary/aromatic N) is 1. The zero-order valence-electron chi connectivity index (χ0n) is 8.21. The molecule has 0 bridgehead atoms. The Balaban J connectivity index is 0.000000336. The highest BCUT2D eigenvalue weighted by Crippen LogP contribution is 2.18. The van der Waals surface area contributed by atoms with Gasteiger partial charge in [-0.3, -0.25) is 14.9 Å². The van der Waals surface area contributed by atoms with Gasteiger partial charge in [-0.1, -0.05) is 19.1 Å². The number of anilines is 1. The average Bonchev–Trinajstić information content (AvgIpc) is 2.19. The number of nitrogen functional groups attached to an aromatic ring is 1. The highest BCUT2D eigenvalue weighted by molar-refractivity contribution is 5.66. The summed E-state index contributed by atoms with van der Waals surface area (Å²) in [5.74, 6) is -0.745. The van der Waals surface area contributed by atoms with Crippen molar-refractivity contribution in [2.24, 2.45) is 0 Å². The Morgan fingerprint density at radius 1 is 1.53 bits per heavy atom.